The first-order chi connectivity index (χ1) is 12.9. The Balaban J connectivity index is 1.61. The van der Waals surface area contributed by atoms with Crippen LogP contribution in [-0.4, -0.2) is 22.2 Å². The van der Waals surface area contributed by atoms with Crippen LogP contribution in [0.4, 0.5) is 5.82 Å². The molecule has 142 valence electrons. The highest BCUT2D eigenvalue weighted by molar-refractivity contribution is 7.22. The Labute approximate surface area is 165 Å². The molecule has 0 amide bonds. The van der Waals surface area contributed by atoms with E-state index < -0.39 is 0 Å². The van der Waals surface area contributed by atoms with Crippen molar-refractivity contribution in [2.24, 2.45) is 0 Å². The van der Waals surface area contributed by atoms with Crippen LogP contribution in [0.15, 0.2) is 42.6 Å². The van der Waals surface area contributed by atoms with Gasteiger partial charge in [0.05, 0.1) is 6.10 Å². The van der Waals surface area contributed by atoms with E-state index >= 15 is 0 Å². The minimum absolute atomic E-state index is 0.129. The summed E-state index contributed by atoms with van der Waals surface area (Å²) in [5.74, 6) is 0.975. The molecule has 3 nitrogen and oxygen atoms in total. The monoisotopic (exact) mass is 380 g/mol. The van der Waals surface area contributed by atoms with Crippen molar-refractivity contribution >= 4 is 27.2 Å². The number of aromatic nitrogens is 1. The summed E-state index contributed by atoms with van der Waals surface area (Å²) in [5, 5.41) is 14.5. The molecule has 0 aliphatic heterocycles. The highest BCUT2D eigenvalue weighted by Gasteiger charge is 2.20. The summed E-state index contributed by atoms with van der Waals surface area (Å²) in [6, 6.07) is 13.7. The van der Waals surface area contributed by atoms with Gasteiger partial charge in [0.15, 0.2) is 0 Å². The fraction of sp³-hybridized carbons (Fsp3) is 0.435. The van der Waals surface area contributed by atoms with Gasteiger partial charge in [0, 0.05) is 27.2 Å². The van der Waals surface area contributed by atoms with Crippen LogP contribution in [0, 0.1) is 0 Å². The molecule has 1 fully saturated rings. The number of hydrogen-bond acceptors (Lipinski definition) is 4. The summed E-state index contributed by atoms with van der Waals surface area (Å²) in [6.07, 6.45) is 5.53. The van der Waals surface area contributed by atoms with Crippen molar-refractivity contribution in [3.63, 3.8) is 0 Å². The van der Waals surface area contributed by atoms with Crippen molar-refractivity contribution < 1.29 is 5.11 Å². The van der Waals surface area contributed by atoms with E-state index in [1.54, 1.807) is 0 Å². The standard InChI is InChI=1S/C23H28N2OS/c1-23(2,3)16-6-4-15(5-7-16)21-14-19-20(27-21)12-13-24-22(19)25-17-8-10-18(26)11-9-17/h4-7,12-14,17-18,26H,8-11H2,1-3H3,(H,24,25). The number of rotatable bonds is 3. The van der Waals surface area contributed by atoms with Crippen molar-refractivity contribution in [1.82, 2.24) is 4.98 Å². The third-order valence-corrected chi connectivity index (χ3v) is 6.67. The van der Waals surface area contributed by atoms with Gasteiger partial charge in [-0.2, -0.15) is 0 Å². The zero-order chi connectivity index (χ0) is 19.0. The van der Waals surface area contributed by atoms with Crippen LogP contribution in [-0.2, 0) is 5.41 Å². The molecule has 2 aromatic heterocycles. The number of pyridine rings is 1. The lowest BCUT2D eigenvalue weighted by molar-refractivity contribution is 0.126. The summed E-state index contributed by atoms with van der Waals surface area (Å²) >= 11 is 1.82. The van der Waals surface area contributed by atoms with Crippen molar-refractivity contribution in [2.75, 3.05) is 5.32 Å². The van der Waals surface area contributed by atoms with Crippen molar-refractivity contribution in [3.8, 4) is 10.4 Å². The Morgan fingerprint density at radius 2 is 1.74 bits per heavy atom. The predicted octanol–water partition coefficient (Wildman–Crippen LogP) is 5.98. The molecule has 2 heterocycles. The molecule has 0 saturated heterocycles. The van der Waals surface area contributed by atoms with Gasteiger partial charge in [0.1, 0.15) is 5.82 Å². The largest absolute Gasteiger partial charge is 0.393 e. The molecular weight excluding hydrogens is 352 g/mol. The number of benzene rings is 1. The molecular formula is C23H28N2OS. The second kappa shape index (κ2) is 7.25. The number of nitrogens with one attached hydrogen (secondary N) is 1. The quantitative estimate of drug-likeness (QED) is 0.588. The highest BCUT2D eigenvalue weighted by Crippen LogP contribution is 2.37. The van der Waals surface area contributed by atoms with E-state index in [2.05, 4.69) is 67.5 Å². The van der Waals surface area contributed by atoms with Crippen LogP contribution in [0.3, 0.4) is 0 Å². The number of aliphatic hydroxyl groups excluding tert-OH is 1. The molecule has 1 aliphatic carbocycles. The summed E-state index contributed by atoms with van der Waals surface area (Å²) in [6.45, 7) is 6.74. The summed E-state index contributed by atoms with van der Waals surface area (Å²) in [5.41, 5.74) is 2.79. The molecule has 4 heteroatoms. The molecule has 0 bridgehead atoms. The molecule has 0 radical (unpaired) electrons. The minimum Gasteiger partial charge on any atom is -0.393 e. The van der Waals surface area contributed by atoms with Gasteiger partial charge >= 0.3 is 0 Å². The third kappa shape index (κ3) is 4.02. The number of nitrogens with zero attached hydrogens (tertiary/aromatic N) is 1. The van der Waals surface area contributed by atoms with Crippen LogP contribution in [0.1, 0.15) is 52.0 Å². The lowest BCUT2D eigenvalue weighted by atomic mass is 9.86. The van der Waals surface area contributed by atoms with Crippen molar-refractivity contribution in [1.29, 1.82) is 0 Å². The van der Waals surface area contributed by atoms with Crippen LogP contribution in [0.5, 0.6) is 0 Å². The molecule has 1 aromatic carbocycles. The topological polar surface area (TPSA) is 45.1 Å². The normalized spacial score (nSPS) is 20.7. The second-order valence-corrected chi connectivity index (χ2v) is 9.74. The Kier molecular flexibility index (Phi) is 4.95. The van der Waals surface area contributed by atoms with E-state index in [1.165, 1.54) is 26.1 Å². The van der Waals surface area contributed by atoms with Crippen molar-refractivity contribution in [3.05, 3.63) is 48.2 Å². The molecule has 1 saturated carbocycles. The number of anilines is 1. The maximum atomic E-state index is 9.72. The van der Waals surface area contributed by atoms with Crippen LogP contribution < -0.4 is 5.32 Å². The number of thiophene rings is 1. The zero-order valence-electron chi connectivity index (χ0n) is 16.3. The van der Waals surface area contributed by atoms with E-state index in [0.29, 0.717) is 6.04 Å². The fourth-order valence-electron chi connectivity index (χ4n) is 3.77. The first-order valence-electron chi connectivity index (χ1n) is 9.84. The second-order valence-electron chi connectivity index (χ2n) is 8.66. The molecule has 4 rings (SSSR count). The van der Waals surface area contributed by atoms with Gasteiger partial charge < -0.3 is 10.4 Å². The van der Waals surface area contributed by atoms with Gasteiger partial charge in [0.25, 0.3) is 0 Å². The van der Waals surface area contributed by atoms with E-state index in [1.807, 2.05) is 17.5 Å². The van der Waals surface area contributed by atoms with Crippen LogP contribution >= 0.6 is 11.3 Å². The van der Waals surface area contributed by atoms with E-state index in [0.717, 1.165) is 31.5 Å². The maximum absolute atomic E-state index is 9.72. The average molecular weight is 381 g/mol. The lowest BCUT2D eigenvalue weighted by Crippen LogP contribution is -2.28. The fourth-order valence-corrected chi connectivity index (χ4v) is 4.83. The summed E-state index contributed by atoms with van der Waals surface area (Å²) in [7, 11) is 0. The van der Waals surface area contributed by atoms with Crippen LogP contribution in [0.25, 0.3) is 20.5 Å². The summed E-state index contributed by atoms with van der Waals surface area (Å²) in [4.78, 5) is 5.88. The Hall–Kier alpha value is -1.91. The highest BCUT2D eigenvalue weighted by atomic mass is 32.1. The molecule has 0 atom stereocenters. The Morgan fingerprint density at radius 1 is 1.04 bits per heavy atom. The van der Waals surface area contributed by atoms with E-state index in [-0.39, 0.29) is 11.5 Å². The lowest BCUT2D eigenvalue weighted by Gasteiger charge is -2.26. The summed E-state index contributed by atoms with van der Waals surface area (Å²) < 4.78 is 1.26. The smallest absolute Gasteiger partial charge is 0.134 e. The number of fused-ring (bicyclic) bond motifs is 1. The molecule has 27 heavy (non-hydrogen) atoms. The van der Waals surface area contributed by atoms with Gasteiger partial charge in [-0.3, -0.25) is 0 Å². The average Bonchev–Trinajstić information content (AvgIpc) is 3.08. The van der Waals surface area contributed by atoms with Gasteiger partial charge in [-0.1, -0.05) is 45.0 Å². The first-order valence-corrected chi connectivity index (χ1v) is 10.7. The number of aliphatic hydroxyl groups is 1. The Morgan fingerprint density at radius 3 is 2.41 bits per heavy atom. The molecule has 3 aromatic rings. The van der Waals surface area contributed by atoms with Crippen LogP contribution in [0.2, 0.25) is 0 Å². The first kappa shape index (κ1) is 18.5. The van der Waals surface area contributed by atoms with Gasteiger partial charge in [-0.05, 0) is 54.4 Å². The minimum atomic E-state index is -0.129. The molecule has 0 unspecified atom stereocenters. The third-order valence-electron chi connectivity index (χ3n) is 5.52. The van der Waals surface area contributed by atoms with Gasteiger partial charge in [-0.15, -0.1) is 11.3 Å². The van der Waals surface area contributed by atoms with E-state index in [9.17, 15) is 5.11 Å². The maximum Gasteiger partial charge on any atom is 0.134 e. The van der Waals surface area contributed by atoms with Crippen molar-refractivity contribution in [2.45, 2.75) is 64.0 Å². The van der Waals surface area contributed by atoms with E-state index in [4.69, 9.17) is 0 Å². The number of hydrogen-bond donors (Lipinski definition) is 2. The Bertz CT molecular complexity index is 916. The molecule has 2 N–H and O–H groups in total. The molecule has 0 spiro atoms. The SMILES string of the molecule is CC(C)(C)c1ccc(-c2cc3c(NC4CCC(O)CC4)nccc3s2)cc1. The van der Waals surface area contributed by atoms with Gasteiger partial charge in [-0.25, -0.2) is 4.98 Å². The predicted molar refractivity (Wildman–Crippen MR) is 116 cm³/mol. The molecule has 1 aliphatic rings. The zero-order valence-corrected chi connectivity index (χ0v) is 17.1. The van der Waals surface area contributed by atoms with Gasteiger partial charge in [0.2, 0.25) is 0 Å².